The molecule has 12 heteroatoms. The molecule has 0 rings (SSSR count). The molecule has 17 heavy (non-hydrogen) atoms. The molecule has 9 nitrogen and oxygen atoms in total. The fraction of sp³-hybridized carbons (Fsp3) is 0.800. The molecule has 1 atom stereocenters. The Labute approximate surface area is 102 Å². The van der Waals surface area contributed by atoms with Gasteiger partial charge in [-0.15, -0.1) is 0 Å². The number of nitrogens with zero attached hydrogens (tertiary/aromatic N) is 1. The molecule has 0 aliphatic rings. The van der Waals surface area contributed by atoms with Gasteiger partial charge < -0.3 is 24.7 Å². The van der Waals surface area contributed by atoms with Crippen molar-refractivity contribution in [1.82, 2.24) is 4.90 Å². The summed E-state index contributed by atoms with van der Waals surface area (Å²) < 4.78 is 21.5. The number of hydrogen-bond acceptors (Lipinski definition) is 5. The Morgan fingerprint density at radius 3 is 1.65 bits per heavy atom. The quantitative estimate of drug-likeness (QED) is 0.255. The maximum Gasteiger partial charge on any atom is 0.339 e. The Hall–Kier alpha value is 0.0800. The number of carboxylic acids is 1. The minimum absolute atomic E-state index is 0.338. The van der Waals surface area contributed by atoms with Crippen LogP contribution in [0.1, 0.15) is 0 Å². The molecule has 1 unspecified atom stereocenters. The Kier molecular flexibility index (Phi) is 6.34. The van der Waals surface area contributed by atoms with Crippen LogP contribution in [-0.2, 0) is 13.9 Å². The summed E-state index contributed by atoms with van der Waals surface area (Å²) in [6.07, 6.45) is -2.12. The van der Waals surface area contributed by atoms with E-state index in [2.05, 4.69) is 12.6 Å². The minimum atomic E-state index is -4.63. The number of carbonyl (C=O) groups is 1. The SMILES string of the molecule is O=C(O)C(CS)N(CP(=O)(O)O)CP(=O)(O)O. The molecule has 0 amide bonds. The van der Waals surface area contributed by atoms with Crippen molar-refractivity contribution in [3.63, 3.8) is 0 Å². The standard InChI is InChI=1S/C5H13NO8P2S/c7-5(8)4(1-17)6(2-15(9,10)11)3-16(12,13)14/h4,17H,1-3H2,(H,7,8)(H2,9,10,11)(H2,12,13,14). The summed E-state index contributed by atoms with van der Waals surface area (Å²) in [5.74, 6) is -1.81. The van der Waals surface area contributed by atoms with Gasteiger partial charge in [0.25, 0.3) is 0 Å². The molecule has 5 N–H and O–H groups in total. The normalized spacial score (nSPS) is 14.9. The van der Waals surface area contributed by atoms with Gasteiger partial charge in [0.15, 0.2) is 0 Å². The zero-order chi connectivity index (χ0) is 13.9. The van der Waals surface area contributed by atoms with E-state index in [1.807, 2.05) is 0 Å². The zero-order valence-electron chi connectivity index (χ0n) is 8.45. The van der Waals surface area contributed by atoms with E-state index in [0.29, 0.717) is 4.90 Å². The van der Waals surface area contributed by atoms with Gasteiger partial charge in [-0.05, 0) is 0 Å². The predicted octanol–water partition coefficient (Wildman–Crippen LogP) is -1.06. The lowest BCUT2D eigenvalue weighted by atomic mass is 10.3. The van der Waals surface area contributed by atoms with E-state index in [0.717, 1.165) is 0 Å². The first-order chi connectivity index (χ1) is 7.46. The Balaban J connectivity index is 5.02. The molecule has 0 bridgehead atoms. The Morgan fingerprint density at radius 1 is 1.12 bits per heavy atom. The molecule has 0 saturated heterocycles. The van der Waals surface area contributed by atoms with E-state index in [1.54, 1.807) is 0 Å². The van der Waals surface area contributed by atoms with Crippen molar-refractivity contribution in [2.45, 2.75) is 6.04 Å². The zero-order valence-corrected chi connectivity index (χ0v) is 11.1. The van der Waals surface area contributed by atoms with Gasteiger partial charge >= 0.3 is 21.2 Å². The van der Waals surface area contributed by atoms with Gasteiger partial charge in [-0.3, -0.25) is 18.8 Å². The molecule has 0 aliphatic carbocycles. The topological polar surface area (TPSA) is 156 Å². The summed E-state index contributed by atoms with van der Waals surface area (Å²) in [6.45, 7) is 0. The van der Waals surface area contributed by atoms with Crippen molar-refractivity contribution in [3.05, 3.63) is 0 Å². The highest BCUT2D eigenvalue weighted by atomic mass is 32.1. The molecule has 0 aromatic rings. The third kappa shape index (κ3) is 7.91. The monoisotopic (exact) mass is 309 g/mol. The third-order valence-corrected chi connectivity index (χ3v) is 3.44. The van der Waals surface area contributed by atoms with Gasteiger partial charge in [0.2, 0.25) is 0 Å². The van der Waals surface area contributed by atoms with Crippen molar-refractivity contribution in [2.75, 3.05) is 18.3 Å². The van der Waals surface area contributed by atoms with E-state index in [1.165, 1.54) is 0 Å². The first-order valence-electron chi connectivity index (χ1n) is 4.13. The van der Waals surface area contributed by atoms with Crippen LogP contribution in [0.3, 0.4) is 0 Å². The lowest BCUT2D eigenvalue weighted by Crippen LogP contribution is -2.43. The van der Waals surface area contributed by atoms with E-state index < -0.39 is 39.8 Å². The van der Waals surface area contributed by atoms with Crippen LogP contribution in [0.15, 0.2) is 0 Å². The van der Waals surface area contributed by atoms with Crippen LogP contribution in [0, 0.1) is 0 Å². The summed E-state index contributed by atoms with van der Waals surface area (Å²) in [5, 5.41) is 8.74. The molecule has 0 aliphatic heterocycles. The lowest BCUT2D eigenvalue weighted by Gasteiger charge is -2.27. The minimum Gasteiger partial charge on any atom is -0.480 e. The van der Waals surface area contributed by atoms with Crippen LogP contribution < -0.4 is 0 Å². The lowest BCUT2D eigenvalue weighted by molar-refractivity contribution is -0.141. The fourth-order valence-electron chi connectivity index (χ4n) is 1.06. The summed E-state index contributed by atoms with van der Waals surface area (Å²) in [5.41, 5.74) is 0. The maximum atomic E-state index is 10.8. The van der Waals surface area contributed by atoms with Crippen molar-refractivity contribution >= 4 is 33.8 Å². The number of rotatable bonds is 7. The average Bonchev–Trinajstić information content (AvgIpc) is 1.96. The number of aliphatic carboxylic acids is 1. The van der Waals surface area contributed by atoms with Crippen LogP contribution in [0.5, 0.6) is 0 Å². The maximum absolute atomic E-state index is 10.8. The predicted molar refractivity (Wildman–Crippen MR) is 60.9 cm³/mol. The third-order valence-electron chi connectivity index (χ3n) is 1.63. The number of carboxylic acid groups (broad SMARTS) is 1. The summed E-state index contributed by atoms with van der Waals surface area (Å²) in [7, 11) is -9.26. The van der Waals surface area contributed by atoms with Crippen LogP contribution >= 0.6 is 27.8 Å². The summed E-state index contributed by atoms with van der Waals surface area (Å²) in [6, 6.07) is -1.49. The van der Waals surface area contributed by atoms with Gasteiger partial charge in [0, 0.05) is 5.75 Å². The molecular formula is C5H13NO8P2S. The van der Waals surface area contributed by atoms with Gasteiger partial charge in [-0.2, -0.15) is 12.6 Å². The second-order valence-corrected chi connectivity index (χ2v) is 6.83. The summed E-state index contributed by atoms with van der Waals surface area (Å²) in [4.78, 5) is 46.1. The van der Waals surface area contributed by atoms with Crippen molar-refractivity contribution in [3.8, 4) is 0 Å². The first kappa shape index (κ1) is 17.1. The first-order valence-corrected chi connectivity index (χ1v) is 8.36. The molecule has 0 radical (unpaired) electrons. The van der Waals surface area contributed by atoms with Crippen LogP contribution in [0.25, 0.3) is 0 Å². The highest BCUT2D eigenvalue weighted by Gasteiger charge is 2.33. The van der Waals surface area contributed by atoms with Crippen molar-refractivity contribution in [1.29, 1.82) is 0 Å². The van der Waals surface area contributed by atoms with E-state index in [4.69, 9.17) is 24.7 Å². The van der Waals surface area contributed by atoms with E-state index in [9.17, 15) is 13.9 Å². The van der Waals surface area contributed by atoms with Crippen molar-refractivity contribution in [2.24, 2.45) is 0 Å². The average molecular weight is 309 g/mol. The molecule has 0 saturated carbocycles. The fourth-order valence-corrected chi connectivity index (χ4v) is 3.15. The highest BCUT2D eigenvalue weighted by molar-refractivity contribution is 7.80. The molecule has 0 aromatic heterocycles. The second-order valence-electron chi connectivity index (χ2n) is 3.24. The number of hydrogen-bond donors (Lipinski definition) is 6. The van der Waals surface area contributed by atoms with Crippen LogP contribution in [0.2, 0.25) is 0 Å². The number of thiol groups is 1. The Morgan fingerprint density at radius 2 is 1.47 bits per heavy atom. The van der Waals surface area contributed by atoms with Gasteiger partial charge in [-0.25, -0.2) is 0 Å². The van der Waals surface area contributed by atoms with Crippen molar-refractivity contribution < 1.29 is 38.6 Å². The van der Waals surface area contributed by atoms with Gasteiger partial charge in [0.05, 0.1) is 0 Å². The molecule has 0 heterocycles. The molecular weight excluding hydrogens is 296 g/mol. The summed E-state index contributed by atoms with van der Waals surface area (Å²) >= 11 is 3.67. The van der Waals surface area contributed by atoms with E-state index >= 15 is 0 Å². The van der Waals surface area contributed by atoms with Gasteiger partial charge in [0.1, 0.15) is 18.6 Å². The molecule has 0 spiro atoms. The smallest absolute Gasteiger partial charge is 0.339 e. The molecule has 0 fully saturated rings. The molecule has 102 valence electrons. The largest absolute Gasteiger partial charge is 0.480 e. The van der Waals surface area contributed by atoms with Crippen LogP contribution in [0.4, 0.5) is 0 Å². The van der Waals surface area contributed by atoms with Gasteiger partial charge in [-0.1, -0.05) is 0 Å². The van der Waals surface area contributed by atoms with Crippen LogP contribution in [-0.4, -0.2) is 59.9 Å². The molecule has 0 aromatic carbocycles. The van der Waals surface area contributed by atoms with E-state index in [-0.39, 0.29) is 5.75 Å². The highest BCUT2D eigenvalue weighted by Crippen LogP contribution is 2.41. The Bertz CT molecular complexity index is 339. The second kappa shape index (κ2) is 6.31.